The van der Waals surface area contributed by atoms with Gasteiger partial charge in [0.1, 0.15) is 29.2 Å². The molecular weight excluding hydrogens is 365 g/mol. The van der Waals surface area contributed by atoms with Crippen LogP contribution in [0.1, 0.15) is 29.9 Å². The molecule has 2 aliphatic heterocycles. The van der Waals surface area contributed by atoms with Gasteiger partial charge in [0.05, 0.1) is 29.5 Å². The predicted octanol–water partition coefficient (Wildman–Crippen LogP) is 1.75. The number of fused-ring (bicyclic) bond motifs is 1. The molecule has 2 unspecified atom stereocenters. The highest BCUT2D eigenvalue weighted by Crippen LogP contribution is 2.35. The van der Waals surface area contributed by atoms with Gasteiger partial charge in [-0.1, -0.05) is 0 Å². The third kappa shape index (κ3) is 3.79. The number of hydrogen-bond donors (Lipinski definition) is 3. The lowest BCUT2D eigenvalue weighted by atomic mass is 10.0. The second-order valence-corrected chi connectivity index (χ2v) is 6.87. The first-order valence-electron chi connectivity index (χ1n) is 8.43. The van der Waals surface area contributed by atoms with Crippen LogP contribution in [-0.4, -0.2) is 40.5 Å². The number of hydrogen-bond acceptors (Lipinski definition) is 8. The number of rotatable bonds is 5. The first kappa shape index (κ1) is 19.3. The molecule has 28 heavy (non-hydrogen) atoms. The van der Waals surface area contributed by atoms with E-state index in [0.29, 0.717) is 22.8 Å². The van der Waals surface area contributed by atoms with Crippen LogP contribution in [0.25, 0.3) is 5.70 Å². The van der Waals surface area contributed by atoms with Gasteiger partial charge in [-0.05, 0) is 26.0 Å². The fourth-order valence-electron chi connectivity index (χ4n) is 2.49. The average Bonchev–Trinajstić information content (AvgIpc) is 3.07. The van der Waals surface area contributed by atoms with Crippen LogP contribution in [0.4, 0.5) is 10.1 Å². The molecule has 0 bridgehead atoms. The molecule has 0 spiro atoms. The van der Waals surface area contributed by atoms with Crippen LogP contribution in [-0.2, 0) is 0 Å². The number of dihydropyridines is 1. The van der Waals surface area contributed by atoms with E-state index in [1.807, 2.05) is 0 Å². The third-order valence-corrected chi connectivity index (χ3v) is 4.21. The van der Waals surface area contributed by atoms with Crippen LogP contribution < -0.4 is 11.1 Å². The van der Waals surface area contributed by atoms with E-state index in [9.17, 15) is 14.3 Å². The summed E-state index contributed by atoms with van der Waals surface area (Å²) in [4.78, 5) is 20.6. The molecule has 1 amide bonds. The number of anilines is 1. The van der Waals surface area contributed by atoms with E-state index in [0.717, 1.165) is 0 Å². The van der Waals surface area contributed by atoms with E-state index < -0.39 is 23.6 Å². The van der Waals surface area contributed by atoms with Crippen molar-refractivity contribution in [3.05, 3.63) is 41.0 Å². The molecule has 2 aliphatic rings. The minimum atomic E-state index is -1.64. The highest BCUT2D eigenvalue weighted by molar-refractivity contribution is 5.99. The molecule has 0 saturated heterocycles. The van der Waals surface area contributed by atoms with Gasteiger partial charge < -0.3 is 16.2 Å². The zero-order valence-electron chi connectivity index (χ0n) is 15.2. The summed E-state index contributed by atoms with van der Waals surface area (Å²) >= 11 is 0. The fourth-order valence-corrected chi connectivity index (χ4v) is 2.49. The first-order chi connectivity index (χ1) is 13.2. The van der Waals surface area contributed by atoms with Crippen molar-refractivity contribution >= 4 is 23.5 Å². The van der Waals surface area contributed by atoms with E-state index in [1.165, 1.54) is 32.3 Å². The number of alkyl halides is 1. The van der Waals surface area contributed by atoms with Gasteiger partial charge >= 0.3 is 0 Å². The van der Waals surface area contributed by atoms with Crippen LogP contribution in [0.15, 0.2) is 45.0 Å². The molecule has 2 atom stereocenters. The maximum atomic E-state index is 13.8. The molecule has 1 aromatic heterocycles. The lowest BCUT2D eigenvalue weighted by Crippen LogP contribution is -2.42. The number of azo groups is 1. The van der Waals surface area contributed by atoms with Gasteiger partial charge in [0.25, 0.3) is 5.91 Å². The summed E-state index contributed by atoms with van der Waals surface area (Å²) in [6, 6.07) is 3.51. The second-order valence-electron chi connectivity index (χ2n) is 6.87. The summed E-state index contributed by atoms with van der Waals surface area (Å²) in [6.45, 7) is 2.26. The summed E-state index contributed by atoms with van der Waals surface area (Å²) in [5.41, 5.74) is 6.27. The second kappa shape index (κ2) is 7.28. The van der Waals surface area contributed by atoms with Gasteiger partial charge in [-0.15, -0.1) is 10.2 Å². The Morgan fingerprint density at radius 2 is 2.21 bits per heavy atom. The SMILES string of the molecule is CC(C)(O)C(F)CNC(=O)c1cnc(C2=C3N=CC(C#N)C=C3N=N2)cc1N. The van der Waals surface area contributed by atoms with E-state index in [-0.39, 0.29) is 17.8 Å². The molecule has 1 aromatic rings. The smallest absolute Gasteiger partial charge is 0.255 e. The molecule has 0 saturated carbocycles. The summed E-state index contributed by atoms with van der Waals surface area (Å²) in [5, 5.41) is 29.0. The Morgan fingerprint density at radius 3 is 2.86 bits per heavy atom. The zero-order valence-corrected chi connectivity index (χ0v) is 15.2. The Hall–Kier alpha value is -3.45. The first-order valence-corrected chi connectivity index (χ1v) is 8.43. The number of aliphatic hydroxyl groups is 1. The van der Waals surface area contributed by atoms with Crippen LogP contribution >= 0.6 is 0 Å². The van der Waals surface area contributed by atoms with Crippen LogP contribution in [0, 0.1) is 17.2 Å². The number of nitrogens with one attached hydrogen (secondary N) is 1. The topological polar surface area (TPSA) is 149 Å². The molecule has 3 rings (SSSR count). The Bertz CT molecular complexity index is 983. The number of nitrogens with zero attached hydrogens (tertiary/aromatic N) is 5. The molecule has 0 fully saturated rings. The van der Waals surface area contributed by atoms with E-state index in [1.54, 1.807) is 6.08 Å². The van der Waals surface area contributed by atoms with Gasteiger partial charge in [0, 0.05) is 18.1 Å². The summed E-state index contributed by atoms with van der Waals surface area (Å²) in [5.74, 6) is -1.08. The van der Waals surface area contributed by atoms with Gasteiger partial charge in [0.15, 0.2) is 0 Å². The number of aromatic nitrogens is 1. The maximum Gasteiger partial charge on any atom is 0.255 e. The molecule has 9 nitrogen and oxygen atoms in total. The van der Waals surface area contributed by atoms with Crippen LogP contribution in [0.3, 0.4) is 0 Å². The minimum Gasteiger partial charge on any atom is -0.398 e. The van der Waals surface area contributed by atoms with Crippen molar-refractivity contribution in [2.45, 2.75) is 25.6 Å². The number of carbonyl (C=O) groups is 1. The van der Waals surface area contributed by atoms with Crippen molar-refractivity contribution < 1.29 is 14.3 Å². The number of carbonyl (C=O) groups excluding carboxylic acids is 1. The fraction of sp³-hybridized carbons (Fsp3) is 0.333. The van der Waals surface area contributed by atoms with Gasteiger partial charge in [0.2, 0.25) is 0 Å². The molecular formula is C18H18FN7O2. The summed E-state index contributed by atoms with van der Waals surface area (Å²) in [7, 11) is 0. The summed E-state index contributed by atoms with van der Waals surface area (Å²) in [6.07, 6.45) is 2.74. The Kier molecular flexibility index (Phi) is 5.02. The van der Waals surface area contributed by atoms with Crippen molar-refractivity contribution in [1.82, 2.24) is 10.3 Å². The monoisotopic (exact) mass is 383 g/mol. The Labute approximate surface area is 160 Å². The molecule has 10 heteroatoms. The summed E-state index contributed by atoms with van der Waals surface area (Å²) < 4.78 is 13.8. The highest BCUT2D eigenvalue weighted by atomic mass is 19.1. The van der Waals surface area contributed by atoms with Gasteiger partial charge in [-0.2, -0.15) is 5.26 Å². The van der Waals surface area contributed by atoms with Crippen LogP contribution in [0.2, 0.25) is 0 Å². The molecule has 0 aromatic carbocycles. The predicted molar refractivity (Wildman–Crippen MR) is 99.6 cm³/mol. The Balaban J connectivity index is 1.79. The molecule has 0 aliphatic carbocycles. The standard InChI is InChI=1S/C18H18FN7O2/c1-18(2,28)14(19)8-24-17(27)10-7-22-12(4-11(10)21)16-15-13(25-26-16)3-9(5-20)6-23-15/h3-4,6-7,9,14,28H,8H2,1-2H3,(H2,21,22)(H,24,27). The van der Waals surface area contributed by atoms with E-state index in [2.05, 4.69) is 31.6 Å². The lowest BCUT2D eigenvalue weighted by molar-refractivity contribution is -0.00177. The van der Waals surface area contributed by atoms with Crippen molar-refractivity contribution in [1.29, 1.82) is 5.26 Å². The number of amides is 1. The number of halogens is 1. The maximum absolute atomic E-state index is 13.8. The number of allylic oxidation sites excluding steroid dienone is 1. The molecule has 0 radical (unpaired) electrons. The number of nitrogens with two attached hydrogens (primary N) is 1. The van der Waals surface area contributed by atoms with Crippen molar-refractivity contribution in [3.8, 4) is 6.07 Å². The minimum absolute atomic E-state index is 0.0692. The zero-order chi connectivity index (χ0) is 20.5. The lowest BCUT2D eigenvalue weighted by Gasteiger charge is -2.22. The average molecular weight is 383 g/mol. The molecule has 144 valence electrons. The van der Waals surface area contributed by atoms with Crippen LogP contribution in [0.5, 0.6) is 0 Å². The van der Waals surface area contributed by atoms with Crippen molar-refractivity contribution in [2.75, 3.05) is 12.3 Å². The van der Waals surface area contributed by atoms with Gasteiger partial charge in [-0.3, -0.25) is 14.8 Å². The number of nitrogen functional groups attached to an aromatic ring is 1. The third-order valence-electron chi connectivity index (χ3n) is 4.21. The van der Waals surface area contributed by atoms with E-state index >= 15 is 0 Å². The highest BCUT2D eigenvalue weighted by Gasteiger charge is 2.28. The quantitative estimate of drug-likeness (QED) is 0.708. The normalized spacial score (nSPS) is 19.1. The van der Waals surface area contributed by atoms with Crippen molar-refractivity contribution in [3.63, 3.8) is 0 Å². The van der Waals surface area contributed by atoms with Gasteiger partial charge in [-0.25, -0.2) is 4.39 Å². The van der Waals surface area contributed by atoms with Crippen molar-refractivity contribution in [2.24, 2.45) is 21.1 Å². The van der Waals surface area contributed by atoms with E-state index in [4.69, 9.17) is 11.0 Å². The number of aliphatic imine (C=N–C) groups is 1. The molecule has 3 heterocycles. The molecule has 4 N–H and O–H groups in total. The Morgan fingerprint density at radius 1 is 1.46 bits per heavy atom. The number of nitriles is 1. The largest absolute Gasteiger partial charge is 0.398 e. The number of pyridine rings is 1.